The quantitative estimate of drug-likeness (QED) is 0.661. The van der Waals surface area contributed by atoms with Crippen LogP contribution in [0.4, 0.5) is 5.69 Å². The summed E-state index contributed by atoms with van der Waals surface area (Å²) in [6.45, 7) is 16.2. The van der Waals surface area contributed by atoms with Gasteiger partial charge in [0.05, 0.1) is 6.67 Å². The van der Waals surface area contributed by atoms with Gasteiger partial charge in [0.1, 0.15) is 0 Å². The molecule has 1 aromatic carbocycles. The predicted molar refractivity (Wildman–Crippen MR) is 101 cm³/mol. The molecule has 2 heteroatoms. The third-order valence-electron chi connectivity index (χ3n) is 4.22. The fourth-order valence-corrected chi connectivity index (χ4v) is 3.55. The van der Waals surface area contributed by atoms with E-state index in [0.717, 1.165) is 6.67 Å². The van der Waals surface area contributed by atoms with Gasteiger partial charge in [0.2, 0.25) is 0 Å². The van der Waals surface area contributed by atoms with Crippen molar-refractivity contribution in [1.29, 1.82) is 0 Å². The molecule has 0 unspecified atom stereocenters. The van der Waals surface area contributed by atoms with Crippen molar-refractivity contribution >= 4 is 5.69 Å². The van der Waals surface area contributed by atoms with Crippen molar-refractivity contribution < 1.29 is 0 Å². The second-order valence-electron chi connectivity index (χ2n) is 6.89. The number of rotatable bonds is 4. The summed E-state index contributed by atoms with van der Waals surface area (Å²) >= 11 is 0. The van der Waals surface area contributed by atoms with Gasteiger partial charge in [-0.1, -0.05) is 43.7 Å². The molecular formula is C21H30N2. The number of hydrogen-bond acceptors (Lipinski definition) is 2. The Morgan fingerprint density at radius 3 is 2.22 bits per heavy atom. The smallest absolute Gasteiger partial charge is 0.0989 e. The number of anilines is 1. The van der Waals surface area contributed by atoms with E-state index in [1.165, 1.54) is 33.6 Å². The van der Waals surface area contributed by atoms with E-state index < -0.39 is 0 Å². The van der Waals surface area contributed by atoms with Crippen LogP contribution in [0.3, 0.4) is 0 Å². The highest BCUT2D eigenvalue weighted by atomic mass is 15.3. The Kier molecular flexibility index (Phi) is 5.35. The summed E-state index contributed by atoms with van der Waals surface area (Å²) in [5, 5.41) is 0. The molecule has 0 spiro atoms. The highest BCUT2D eigenvalue weighted by Crippen LogP contribution is 2.31. The van der Waals surface area contributed by atoms with Crippen molar-refractivity contribution in [3.63, 3.8) is 0 Å². The Morgan fingerprint density at radius 2 is 1.70 bits per heavy atom. The van der Waals surface area contributed by atoms with Gasteiger partial charge in [-0.25, -0.2) is 0 Å². The zero-order chi connectivity index (χ0) is 17.1. The van der Waals surface area contributed by atoms with Crippen molar-refractivity contribution in [1.82, 2.24) is 4.90 Å². The summed E-state index contributed by atoms with van der Waals surface area (Å²) in [5.74, 6) is 0.564. The van der Waals surface area contributed by atoms with Gasteiger partial charge in [0.25, 0.3) is 0 Å². The molecule has 0 aromatic heterocycles. The summed E-state index contributed by atoms with van der Waals surface area (Å²) in [7, 11) is 0. The number of nitrogens with zero attached hydrogens (tertiary/aromatic N) is 2. The lowest BCUT2D eigenvalue weighted by Crippen LogP contribution is -2.26. The lowest BCUT2D eigenvalue weighted by molar-refractivity contribution is 0.508. The van der Waals surface area contributed by atoms with Gasteiger partial charge in [-0.15, -0.1) is 0 Å². The van der Waals surface area contributed by atoms with Gasteiger partial charge in [-0.05, 0) is 57.2 Å². The molecule has 0 atom stereocenters. The molecule has 1 aliphatic rings. The van der Waals surface area contributed by atoms with E-state index in [9.17, 15) is 0 Å². The van der Waals surface area contributed by atoms with Crippen molar-refractivity contribution in [2.45, 2.75) is 48.5 Å². The van der Waals surface area contributed by atoms with Crippen molar-refractivity contribution in [3.05, 3.63) is 64.6 Å². The van der Waals surface area contributed by atoms with E-state index in [2.05, 4.69) is 95.0 Å². The van der Waals surface area contributed by atoms with Gasteiger partial charge in [0.15, 0.2) is 0 Å². The Balaban J connectivity index is 2.24. The van der Waals surface area contributed by atoms with Gasteiger partial charge >= 0.3 is 0 Å². The van der Waals surface area contributed by atoms with Crippen molar-refractivity contribution in [2.75, 3.05) is 11.6 Å². The third kappa shape index (κ3) is 3.87. The minimum absolute atomic E-state index is 0.564. The molecule has 0 radical (unpaired) electrons. The van der Waals surface area contributed by atoms with E-state index in [1.807, 2.05) is 0 Å². The van der Waals surface area contributed by atoms with Gasteiger partial charge in [-0.3, -0.25) is 0 Å². The Hall–Kier alpha value is -1.96. The second kappa shape index (κ2) is 7.08. The topological polar surface area (TPSA) is 6.48 Å². The molecule has 124 valence electrons. The molecule has 2 rings (SSSR count). The van der Waals surface area contributed by atoms with Crippen LogP contribution in [0.25, 0.3) is 0 Å². The maximum Gasteiger partial charge on any atom is 0.0989 e. The summed E-state index contributed by atoms with van der Waals surface area (Å²) in [6.07, 6.45) is 8.91. The summed E-state index contributed by atoms with van der Waals surface area (Å²) in [4.78, 5) is 4.67. The summed E-state index contributed by atoms with van der Waals surface area (Å²) < 4.78 is 0. The fourth-order valence-electron chi connectivity index (χ4n) is 3.55. The zero-order valence-corrected chi connectivity index (χ0v) is 15.6. The van der Waals surface area contributed by atoms with E-state index in [4.69, 9.17) is 0 Å². The fraction of sp³-hybridized carbons (Fsp3) is 0.429. The average Bonchev–Trinajstić information content (AvgIpc) is 2.86. The Bertz CT molecular complexity index is 639. The molecule has 0 bridgehead atoms. The van der Waals surface area contributed by atoms with Crippen LogP contribution in [0, 0.1) is 26.7 Å². The first-order chi connectivity index (χ1) is 10.8. The van der Waals surface area contributed by atoms with E-state index in [0.29, 0.717) is 5.92 Å². The van der Waals surface area contributed by atoms with E-state index in [-0.39, 0.29) is 0 Å². The van der Waals surface area contributed by atoms with Crippen LogP contribution < -0.4 is 4.90 Å². The van der Waals surface area contributed by atoms with Crippen LogP contribution in [0.5, 0.6) is 0 Å². The summed E-state index contributed by atoms with van der Waals surface area (Å²) in [5.41, 5.74) is 7.96. The molecule has 0 saturated heterocycles. The molecule has 1 heterocycles. The number of benzene rings is 1. The molecular weight excluding hydrogens is 280 g/mol. The lowest BCUT2D eigenvalue weighted by atomic mass is 10.0. The largest absolute Gasteiger partial charge is 0.328 e. The number of allylic oxidation sites excluding steroid dienone is 3. The second-order valence-corrected chi connectivity index (χ2v) is 6.89. The molecule has 1 aromatic rings. The first kappa shape index (κ1) is 17.4. The third-order valence-corrected chi connectivity index (χ3v) is 4.22. The molecule has 0 fully saturated rings. The first-order valence-corrected chi connectivity index (χ1v) is 8.48. The maximum absolute atomic E-state index is 2.34. The molecule has 0 saturated carbocycles. The zero-order valence-electron chi connectivity index (χ0n) is 15.6. The van der Waals surface area contributed by atoms with Crippen LogP contribution in [0.1, 0.15) is 44.4 Å². The Labute approximate surface area is 141 Å². The SMILES string of the molecule is C/C=C(\C(C)=C/C(C)C)N1C=CN(c2c(C)cc(C)cc2C)C1. The minimum atomic E-state index is 0.564. The lowest BCUT2D eigenvalue weighted by Gasteiger charge is -2.26. The Morgan fingerprint density at radius 1 is 1.09 bits per heavy atom. The average molecular weight is 310 g/mol. The maximum atomic E-state index is 2.34. The van der Waals surface area contributed by atoms with Crippen LogP contribution in [0.2, 0.25) is 0 Å². The van der Waals surface area contributed by atoms with Gasteiger partial charge in [-0.2, -0.15) is 0 Å². The standard InChI is InChI=1S/C21H30N2/c1-8-20(17(5)11-15(2)3)22-9-10-23(14-22)21-18(6)12-16(4)13-19(21)7/h8-13,15H,14H2,1-7H3/b17-11-,20-8+. The van der Waals surface area contributed by atoms with Crippen LogP contribution in [-0.2, 0) is 0 Å². The monoisotopic (exact) mass is 310 g/mol. The molecule has 2 nitrogen and oxygen atoms in total. The highest BCUT2D eigenvalue weighted by molar-refractivity contribution is 5.62. The summed E-state index contributed by atoms with van der Waals surface area (Å²) in [6, 6.07) is 4.53. The number of hydrogen-bond donors (Lipinski definition) is 0. The van der Waals surface area contributed by atoms with Crippen molar-refractivity contribution in [3.8, 4) is 0 Å². The molecule has 0 aliphatic carbocycles. The van der Waals surface area contributed by atoms with Crippen LogP contribution in [0.15, 0.2) is 48.0 Å². The molecule has 0 N–H and O–H groups in total. The highest BCUT2D eigenvalue weighted by Gasteiger charge is 2.20. The van der Waals surface area contributed by atoms with E-state index in [1.54, 1.807) is 0 Å². The van der Waals surface area contributed by atoms with E-state index >= 15 is 0 Å². The molecule has 1 aliphatic heterocycles. The first-order valence-electron chi connectivity index (χ1n) is 8.48. The normalized spacial score (nSPS) is 16.0. The van der Waals surface area contributed by atoms with Crippen LogP contribution in [-0.4, -0.2) is 11.6 Å². The van der Waals surface area contributed by atoms with Crippen LogP contribution >= 0.6 is 0 Å². The molecule has 23 heavy (non-hydrogen) atoms. The molecule has 0 amide bonds. The minimum Gasteiger partial charge on any atom is -0.328 e. The predicted octanol–water partition coefficient (Wildman–Crippen LogP) is 5.67. The van der Waals surface area contributed by atoms with Gasteiger partial charge in [0, 0.05) is 23.8 Å². The number of aryl methyl sites for hydroxylation is 3. The van der Waals surface area contributed by atoms with Gasteiger partial charge < -0.3 is 9.80 Å². The van der Waals surface area contributed by atoms with Crippen molar-refractivity contribution in [2.24, 2.45) is 5.92 Å².